The quantitative estimate of drug-likeness (QED) is 0.473. The molecule has 0 radical (unpaired) electrons. The first-order valence-corrected chi connectivity index (χ1v) is 11.4. The minimum absolute atomic E-state index is 0.00404. The molecule has 0 unspecified atom stereocenters. The van der Waals surface area contributed by atoms with Crippen LogP contribution in [0.1, 0.15) is 28.0 Å². The molecule has 2 heterocycles. The summed E-state index contributed by atoms with van der Waals surface area (Å²) in [4.78, 5) is 26.4. The molecule has 6 nitrogen and oxygen atoms in total. The second-order valence-corrected chi connectivity index (χ2v) is 8.74. The summed E-state index contributed by atoms with van der Waals surface area (Å²) in [5.74, 6) is 0.158. The Hall–Kier alpha value is -4.39. The van der Waals surface area contributed by atoms with Crippen LogP contribution in [-0.2, 0) is 11.2 Å². The Balaban J connectivity index is 1.60. The van der Waals surface area contributed by atoms with E-state index in [1.165, 1.54) is 0 Å². The zero-order valence-electron chi connectivity index (χ0n) is 18.4. The number of nitrogens with zero attached hydrogens (tertiary/aromatic N) is 2. The number of hydrogen-bond acceptors (Lipinski definition) is 4. The van der Waals surface area contributed by atoms with Crippen LogP contribution in [0, 0.1) is 0 Å². The number of allylic oxidation sites excluding steroid dienone is 1. The average Bonchev–Trinajstić information content (AvgIpc) is 3.33. The van der Waals surface area contributed by atoms with Gasteiger partial charge < -0.3 is 15.1 Å². The van der Waals surface area contributed by atoms with Gasteiger partial charge in [-0.25, -0.2) is 5.10 Å². The van der Waals surface area contributed by atoms with Gasteiger partial charge in [-0.15, -0.1) is 0 Å². The molecule has 7 heteroatoms. The maximum atomic E-state index is 13.2. The van der Waals surface area contributed by atoms with E-state index in [0.717, 1.165) is 22.2 Å². The predicted octanol–water partition coefficient (Wildman–Crippen LogP) is 2.20. The van der Waals surface area contributed by atoms with Crippen molar-refractivity contribution in [2.75, 3.05) is 0 Å². The van der Waals surface area contributed by atoms with Crippen molar-refractivity contribution in [3.63, 3.8) is 0 Å². The molecular formula is C27H22BN4O2-. The second kappa shape index (κ2) is 7.88. The molecule has 0 atom stereocenters. The van der Waals surface area contributed by atoms with Crippen LogP contribution in [0.25, 0.3) is 5.57 Å². The average molecular weight is 445 g/mol. The summed E-state index contributed by atoms with van der Waals surface area (Å²) in [6.45, 7) is 0. The topological polar surface area (TPSA) is 76.0 Å². The van der Waals surface area contributed by atoms with Crippen LogP contribution in [0.3, 0.4) is 0 Å². The summed E-state index contributed by atoms with van der Waals surface area (Å²) in [6.07, 6.45) is 1.01. The Bertz CT molecular complexity index is 1390. The molecule has 0 fully saturated rings. The van der Waals surface area contributed by atoms with E-state index < -0.39 is 6.42 Å². The third-order valence-corrected chi connectivity index (χ3v) is 6.82. The van der Waals surface area contributed by atoms with E-state index in [0.29, 0.717) is 29.8 Å². The zero-order valence-corrected chi connectivity index (χ0v) is 18.4. The first kappa shape index (κ1) is 20.2. The van der Waals surface area contributed by atoms with Gasteiger partial charge in [0.1, 0.15) is 0 Å². The third-order valence-electron chi connectivity index (χ3n) is 6.82. The molecule has 6 rings (SSSR count). The number of aromatic nitrogens is 2. The lowest BCUT2D eigenvalue weighted by atomic mass is 9.36. The maximum absolute atomic E-state index is 13.2. The van der Waals surface area contributed by atoms with Gasteiger partial charge in [0, 0.05) is 23.9 Å². The van der Waals surface area contributed by atoms with Crippen LogP contribution >= 0.6 is 0 Å². The number of aryl methyl sites for hydroxylation is 1. The Kier molecular flexibility index (Phi) is 4.69. The van der Waals surface area contributed by atoms with E-state index in [9.17, 15) is 9.59 Å². The largest absolute Gasteiger partial charge is 0.517 e. The molecule has 0 saturated heterocycles. The Labute approximate surface area is 197 Å². The lowest BCUT2D eigenvalue weighted by Crippen LogP contribution is -2.76. The number of ketones is 1. The molecule has 4 aromatic rings. The standard InChI is InChI=1S/C27H22BN4O2/c33-23-17-16-20-18-29-32-25(20)24(23)26(30-27(34)19-10-4-1-5-11-19)31-28(32,21-12-6-2-7-13-21)22-14-8-3-9-15-22/h1-15,18,31H,16-17H2,(H,30,34)/q-1. The summed E-state index contributed by atoms with van der Waals surface area (Å²) >= 11 is 0. The van der Waals surface area contributed by atoms with E-state index in [1.54, 1.807) is 12.1 Å². The number of carbonyl (C=O) groups excluding carboxylic acids is 2. The van der Waals surface area contributed by atoms with E-state index in [1.807, 2.05) is 65.4 Å². The van der Waals surface area contributed by atoms with Crippen LogP contribution in [0.4, 0.5) is 0 Å². The molecule has 1 aliphatic heterocycles. The molecule has 34 heavy (non-hydrogen) atoms. The van der Waals surface area contributed by atoms with Crippen molar-refractivity contribution in [2.24, 2.45) is 0 Å². The summed E-state index contributed by atoms with van der Waals surface area (Å²) in [5.41, 5.74) is 4.82. The van der Waals surface area contributed by atoms with Gasteiger partial charge in [-0.2, -0.15) is 10.9 Å². The Morgan fingerprint density at radius 3 is 2.06 bits per heavy atom. The molecule has 3 aromatic carbocycles. The highest BCUT2D eigenvalue weighted by atomic mass is 16.2. The van der Waals surface area contributed by atoms with Crippen LogP contribution in [0.15, 0.2) is 103 Å². The van der Waals surface area contributed by atoms with E-state index in [4.69, 9.17) is 5.10 Å². The molecule has 2 N–H and O–H groups in total. The van der Waals surface area contributed by atoms with Crippen molar-refractivity contribution < 1.29 is 9.59 Å². The highest BCUT2D eigenvalue weighted by Crippen LogP contribution is 2.34. The molecular weight excluding hydrogens is 423 g/mol. The highest BCUT2D eigenvalue weighted by Gasteiger charge is 2.42. The molecule has 0 spiro atoms. The van der Waals surface area contributed by atoms with Gasteiger partial charge in [-0.3, -0.25) is 9.59 Å². The number of rotatable bonds is 4. The Morgan fingerprint density at radius 2 is 1.44 bits per heavy atom. The molecule has 166 valence electrons. The lowest BCUT2D eigenvalue weighted by Gasteiger charge is -2.50. The van der Waals surface area contributed by atoms with Gasteiger partial charge in [0.2, 0.25) is 0 Å². The minimum atomic E-state index is -1.87. The van der Waals surface area contributed by atoms with Crippen molar-refractivity contribution in [3.05, 3.63) is 120 Å². The molecule has 0 bridgehead atoms. The van der Waals surface area contributed by atoms with E-state index in [2.05, 4.69) is 34.8 Å². The second-order valence-electron chi connectivity index (χ2n) is 8.74. The fraction of sp³-hybridized carbons (Fsp3) is 0.0741. The van der Waals surface area contributed by atoms with Crippen molar-refractivity contribution in [3.8, 4) is 0 Å². The lowest BCUT2D eigenvalue weighted by molar-refractivity contribution is -0.114. The zero-order chi connectivity index (χ0) is 23.1. The SMILES string of the molecule is O=C1CCc2cnn3c2C1=C(NC(=O)c1ccccc1)N[B-]3(c1ccccc1)c1ccccc1. The van der Waals surface area contributed by atoms with Gasteiger partial charge in [0.05, 0.1) is 11.4 Å². The summed E-state index contributed by atoms with van der Waals surface area (Å²) in [5, 5.41) is 11.5. The van der Waals surface area contributed by atoms with E-state index >= 15 is 0 Å². The van der Waals surface area contributed by atoms with Crippen molar-refractivity contribution in [1.82, 2.24) is 20.2 Å². The monoisotopic (exact) mass is 445 g/mol. The highest BCUT2D eigenvalue weighted by molar-refractivity contribution is 6.99. The van der Waals surface area contributed by atoms with E-state index in [-0.39, 0.29) is 11.7 Å². The molecule has 2 aliphatic rings. The van der Waals surface area contributed by atoms with Gasteiger partial charge in [0.15, 0.2) is 5.78 Å². The van der Waals surface area contributed by atoms with Crippen LogP contribution in [0.5, 0.6) is 0 Å². The Morgan fingerprint density at radius 1 is 0.853 bits per heavy atom. The maximum Gasteiger partial charge on any atom is 0.258 e. The van der Waals surface area contributed by atoms with Gasteiger partial charge in [0.25, 0.3) is 12.3 Å². The smallest absolute Gasteiger partial charge is 0.258 e. The molecule has 1 aromatic heterocycles. The van der Waals surface area contributed by atoms with Crippen molar-refractivity contribution in [1.29, 1.82) is 0 Å². The number of hydrogen-bond donors (Lipinski definition) is 2. The van der Waals surface area contributed by atoms with Gasteiger partial charge in [-0.1, -0.05) is 78.9 Å². The number of benzene rings is 3. The van der Waals surface area contributed by atoms with Crippen LogP contribution in [0.2, 0.25) is 0 Å². The summed E-state index contributed by atoms with van der Waals surface area (Å²) in [7, 11) is 0. The predicted molar refractivity (Wildman–Crippen MR) is 133 cm³/mol. The van der Waals surface area contributed by atoms with Gasteiger partial charge >= 0.3 is 0 Å². The van der Waals surface area contributed by atoms with Crippen molar-refractivity contribution >= 4 is 34.6 Å². The van der Waals surface area contributed by atoms with Gasteiger partial charge in [-0.05, 0) is 24.1 Å². The number of nitrogens with one attached hydrogen (secondary N) is 2. The third kappa shape index (κ3) is 3.01. The van der Waals surface area contributed by atoms with Crippen molar-refractivity contribution in [2.45, 2.75) is 12.8 Å². The number of carbonyl (C=O) groups is 2. The first-order chi connectivity index (χ1) is 16.7. The normalized spacial score (nSPS) is 15.9. The summed E-state index contributed by atoms with van der Waals surface area (Å²) in [6, 6.07) is 29.2. The number of Topliss-reactive ketones (excluding diaryl/α,β-unsaturated/α-hetero) is 1. The van der Waals surface area contributed by atoms with Crippen LogP contribution in [-0.4, -0.2) is 27.8 Å². The number of amides is 1. The summed E-state index contributed by atoms with van der Waals surface area (Å²) < 4.78 is 1.96. The molecule has 0 saturated carbocycles. The molecule has 1 amide bonds. The fourth-order valence-corrected chi connectivity index (χ4v) is 5.23. The minimum Gasteiger partial charge on any atom is -0.517 e. The van der Waals surface area contributed by atoms with Crippen LogP contribution < -0.4 is 21.5 Å². The molecule has 1 aliphatic carbocycles. The first-order valence-electron chi connectivity index (χ1n) is 11.4. The fourth-order valence-electron chi connectivity index (χ4n) is 5.23.